The summed E-state index contributed by atoms with van der Waals surface area (Å²) >= 11 is 0. The summed E-state index contributed by atoms with van der Waals surface area (Å²) < 4.78 is 5.45. The zero-order valence-corrected chi connectivity index (χ0v) is 19.0. The second-order valence-electron chi connectivity index (χ2n) is 9.15. The molecule has 1 saturated carbocycles. The number of aliphatic hydroxyl groups is 1. The first kappa shape index (κ1) is 22.5. The maximum absolute atomic E-state index is 13.2. The largest absolute Gasteiger partial charge is 0.394 e. The molecule has 8 nitrogen and oxygen atoms in total. The van der Waals surface area contributed by atoms with Crippen molar-refractivity contribution >= 4 is 12.0 Å². The molecule has 0 unspecified atom stereocenters. The van der Waals surface area contributed by atoms with Crippen molar-refractivity contribution in [2.75, 3.05) is 19.0 Å². The van der Waals surface area contributed by atoms with E-state index in [-0.39, 0.29) is 12.6 Å². The predicted octanol–water partition coefficient (Wildman–Crippen LogP) is 3.34. The van der Waals surface area contributed by atoms with Crippen molar-refractivity contribution in [3.05, 3.63) is 53.3 Å². The van der Waals surface area contributed by atoms with Crippen LogP contribution in [-0.2, 0) is 16.8 Å². The van der Waals surface area contributed by atoms with Gasteiger partial charge in [-0.15, -0.1) is 0 Å². The lowest BCUT2D eigenvalue weighted by atomic mass is 9.93. The number of urea groups is 1. The fourth-order valence-corrected chi connectivity index (χ4v) is 4.71. The first-order chi connectivity index (χ1) is 15.4. The molecule has 1 aromatic carbocycles. The molecule has 32 heavy (non-hydrogen) atoms. The number of hydrogen-bond acceptors (Lipinski definition) is 6. The molecule has 2 amide bonds. The van der Waals surface area contributed by atoms with Gasteiger partial charge in [-0.25, -0.2) is 14.8 Å². The van der Waals surface area contributed by atoms with Gasteiger partial charge in [-0.2, -0.15) is 0 Å². The average molecular weight is 440 g/mol. The maximum atomic E-state index is 13.2. The maximum Gasteiger partial charge on any atom is 0.319 e. The molecule has 2 aliphatic rings. The van der Waals surface area contributed by atoms with Gasteiger partial charge in [0.2, 0.25) is 5.95 Å². The topological polar surface area (TPSA) is 99.6 Å². The normalized spacial score (nSPS) is 22.8. The minimum atomic E-state index is -0.550. The predicted molar refractivity (Wildman–Crippen MR) is 122 cm³/mol. The van der Waals surface area contributed by atoms with E-state index >= 15 is 0 Å². The molecule has 1 aliphatic carbocycles. The van der Waals surface area contributed by atoms with Crippen LogP contribution in [0.3, 0.4) is 0 Å². The Morgan fingerprint density at radius 1 is 1.25 bits per heavy atom. The van der Waals surface area contributed by atoms with E-state index in [1.165, 1.54) is 0 Å². The fraction of sp³-hybridized carbons (Fsp3) is 0.542. The second-order valence-corrected chi connectivity index (χ2v) is 9.15. The van der Waals surface area contributed by atoms with Gasteiger partial charge < -0.3 is 25.4 Å². The second kappa shape index (κ2) is 9.42. The third-order valence-corrected chi connectivity index (χ3v) is 6.78. The Labute approximate surface area is 189 Å². The van der Waals surface area contributed by atoms with E-state index in [9.17, 15) is 9.90 Å². The van der Waals surface area contributed by atoms with Crippen LogP contribution in [0.4, 0.5) is 10.7 Å². The minimum absolute atomic E-state index is 0.170. The van der Waals surface area contributed by atoms with E-state index in [1.807, 2.05) is 50.4 Å². The van der Waals surface area contributed by atoms with Crippen LogP contribution >= 0.6 is 0 Å². The Morgan fingerprint density at radius 2 is 1.97 bits per heavy atom. The van der Waals surface area contributed by atoms with Crippen molar-refractivity contribution in [1.82, 2.24) is 20.2 Å². The van der Waals surface area contributed by atoms with Crippen molar-refractivity contribution in [2.45, 2.75) is 69.8 Å². The van der Waals surface area contributed by atoms with Crippen LogP contribution in [0.2, 0.25) is 0 Å². The number of nitrogens with one attached hydrogen (secondary N) is 2. The van der Waals surface area contributed by atoms with Gasteiger partial charge in [0, 0.05) is 24.9 Å². The zero-order chi connectivity index (χ0) is 22.7. The molecular formula is C24H33N5O3. The van der Waals surface area contributed by atoms with Crippen molar-refractivity contribution in [3.63, 3.8) is 0 Å². The van der Waals surface area contributed by atoms with Gasteiger partial charge in [-0.1, -0.05) is 30.3 Å². The van der Waals surface area contributed by atoms with Gasteiger partial charge in [0.05, 0.1) is 36.5 Å². The number of benzene rings is 1. The summed E-state index contributed by atoms with van der Waals surface area (Å²) in [5.74, 6) is 0.611. The molecule has 172 valence electrons. The summed E-state index contributed by atoms with van der Waals surface area (Å²) in [7, 11) is 1.77. The van der Waals surface area contributed by atoms with Crippen LogP contribution in [0.25, 0.3) is 0 Å². The van der Waals surface area contributed by atoms with Gasteiger partial charge in [0.25, 0.3) is 0 Å². The summed E-state index contributed by atoms with van der Waals surface area (Å²) in [5.41, 5.74) is 2.12. The number of amides is 2. The molecule has 2 heterocycles. The van der Waals surface area contributed by atoms with E-state index < -0.39 is 11.6 Å². The number of carbonyl (C=O) groups is 1. The highest BCUT2D eigenvalue weighted by atomic mass is 16.5. The smallest absolute Gasteiger partial charge is 0.319 e. The first-order valence-corrected chi connectivity index (χ1v) is 11.3. The number of nitrogens with zero attached hydrogens (tertiary/aromatic N) is 3. The van der Waals surface area contributed by atoms with Crippen LogP contribution in [-0.4, -0.2) is 51.9 Å². The van der Waals surface area contributed by atoms with Crippen LogP contribution in [0.5, 0.6) is 0 Å². The first-order valence-electron chi connectivity index (χ1n) is 11.3. The number of ether oxygens (including phenoxy) is 1. The Balaban J connectivity index is 1.44. The lowest BCUT2D eigenvalue weighted by Crippen LogP contribution is -2.47. The lowest BCUT2D eigenvalue weighted by molar-refractivity contribution is 0.0681. The molecule has 0 spiro atoms. The fourth-order valence-electron chi connectivity index (χ4n) is 4.71. The summed E-state index contributed by atoms with van der Waals surface area (Å²) in [6.45, 7) is 4.22. The molecule has 1 aromatic heterocycles. The lowest BCUT2D eigenvalue weighted by Gasteiger charge is -2.33. The van der Waals surface area contributed by atoms with Gasteiger partial charge in [-0.05, 0) is 45.1 Å². The molecule has 0 radical (unpaired) electrons. The Morgan fingerprint density at radius 3 is 2.62 bits per heavy atom. The van der Waals surface area contributed by atoms with Gasteiger partial charge in [0.1, 0.15) is 0 Å². The Bertz CT molecular complexity index is 928. The molecule has 0 saturated heterocycles. The molecule has 1 aliphatic heterocycles. The van der Waals surface area contributed by atoms with Crippen molar-refractivity contribution in [3.8, 4) is 0 Å². The monoisotopic (exact) mass is 439 g/mol. The number of rotatable bonds is 6. The van der Waals surface area contributed by atoms with Crippen molar-refractivity contribution in [2.24, 2.45) is 0 Å². The highest BCUT2D eigenvalue weighted by Gasteiger charge is 2.42. The third kappa shape index (κ3) is 4.56. The standard InChI is InChI=1S/C24H33N5O3/c1-24(2)19-13-25-22(26-17-9-11-18(32-3)12-10-17)27-20(19)14-29(24)23(31)28-21(15-30)16-7-5-4-6-8-16/h4-8,13,17-18,21,30H,9-12,14-15H2,1-3H3,(H,28,31)(H,25,26,27)/t17?,18?,21-/m1/s1. The van der Waals surface area contributed by atoms with Crippen molar-refractivity contribution in [1.29, 1.82) is 0 Å². The number of fused-ring (bicyclic) bond motifs is 1. The number of methoxy groups -OCH3 is 1. The molecule has 4 rings (SSSR count). The number of aliphatic hydroxyl groups excluding tert-OH is 1. The molecule has 1 atom stereocenters. The van der Waals surface area contributed by atoms with Crippen molar-refractivity contribution < 1.29 is 14.6 Å². The van der Waals surface area contributed by atoms with Crippen LogP contribution in [0.15, 0.2) is 36.5 Å². The van der Waals surface area contributed by atoms with Crippen LogP contribution in [0.1, 0.15) is 62.4 Å². The van der Waals surface area contributed by atoms with Crippen LogP contribution in [0, 0.1) is 0 Å². The molecule has 2 aromatic rings. The van der Waals surface area contributed by atoms with Crippen LogP contribution < -0.4 is 10.6 Å². The summed E-state index contributed by atoms with van der Waals surface area (Å²) in [5, 5.41) is 16.3. The molecule has 0 bridgehead atoms. The van der Waals surface area contributed by atoms with Gasteiger partial charge in [-0.3, -0.25) is 0 Å². The van der Waals surface area contributed by atoms with E-state index in [4.69, 9.17) is 9.72 Å². The highest BCUT2D eigenvalue weighted by molar-refractivity contribution is 5.77. The Kier molecular flexibility index (Phi) is 6.62. The van der Waals surface area contributed by atoms with E-state index in [0.29, 0.717) is 24.6 Å². The molecular weight excluding hydrogens is 406 g/mol. The average Bonchev–Trinajstić information content (AvgIpc) is 3.08. The minimum Gasteiger partial charge on any atom is -0.394 e. The van der Waals surface area contributed by atoms with Gasteiger partial charge >= 0.3 is 6.03 Å². The molecule has 8 heteroatoms. The molecule has 1 fully saturated rings. The number of anilines is 1. The number of aromatic nitrogens is 2. The SMILES string of the molecule is COC1CCC(Nc2ncc3c(n2)CN(C(=O)N[C@H](CO)c2ccccc2)C3(C)C)CC1. The third-order valence-electron chi connectivity index (χ3n) is 6.78. The molecule has 3 N–H and O–H groups in total. The Hall–Kier alpha value is -2.71. The van der Waals surface area contributed by atoms with E-state index in [0.717, 1.165) is 42.5 Å². The highest BCUT2D eigenvalue weighted by Crippen LogP contribution is 2.38. The summed E-state index contributed by atoms with van der Waals surface area (Å²) in [6, 6.07) is 9.13. The van der Waals surface area contributed by atoms with E-state index in [2.05, 4.69) is 15.6 Å². The number of hydrogen-bond donors (Lipinski definition) is 3. The van der Waals surface area contributed by atoms with Gasteiger partial charge in [0.15, 0.2) is 0 Å². The zero-order valence-electron chi connectivity index (χ0n) is 19.0. The van der Waals surface area contributed by atoms with E-state index in [1.54, 1.807) is 12.0 Å². The number of carbonyl (C=O) groups excluding carboxylic acids is 1. The summed E-state index contributed by atoms with van der Waals surface area (Å²) in [4.78, 5) is 24.2. The summed E-state index contributed by atoms with van der Waals surface area (Å²) in [6.07, 6.45) is 6.31. The quantitative estimate of drug-likeness (QED) is 0.638.